The molecule has 2 amide bonds. The maximum Gasteiger partial charge on any atom is 0.264 e. The van der Waals surface area contributed by atoms with Crippen LogP contribution in [0.15, 0.2) is 88.2 Å². The van der Waals surface area contributed by atoms with Gasteiger partial charge in [0.2, 0.25) is 11.8 Å². The van der Waals surface area contributed by atoms with Gasteiger partial charge in [-0.1, -0.05) is 46.3 Å². The highest BCUT2D eigenvalue weighted by molar-refractivity contribution is 9.10. The number of nitrogens with one attached hydrogen (secondary N) is 1. The van der Waals surface area contributed by atoms with Crippen LogP contribution in [-0.2, 0) is 26.2 Å². The van der Waals surface area contributed by atoms with E-state index in [1.54, 1.807) is 25.1 Å². The maximum atomic E-state index is 13.8. The summed E-state index contributed by atoms with van der Waals surface area (Å²) in [5.41, 5.74) is 0.340. The number of halogens is 2. The molecule has 1 atom stereocenters. The van der Waals surface area contributed by atoms with Crippen molar-refractivity contribution in [2.75, 3.05) is 10.8 Å². The zero-order valence-corrected chi connectivity index (χ0v) is 24.1. The predicted octanol–water partition coefficient (Wildman–Crippen LogP) is 5.12. The van der Waals surface area contributed by atoms with Crippen molar-refractivity contribution < 1.29 is 22.4 Å². The Bertz CT molecular complexity index is 1380. The van der Waals surface area contributed by atoms with E-state index in [2.05, 4.69) is 21.2 Å². The number of anilines is 1. The van der Waals surface area contributed by atoms with Crippen molar-refractivity contribution in [1.82, 2.24) is 10.2 Å². The smallest absolute Gasteiger partial charge is 0.264 e. The molecule has 0 aliphatic heterocycles. The normalized spacial score (nSPS) is 12.5. The van der Waals surface area contributed by atoms with E-state index in [-0.39, 0.29) is 23.0 Å². The molecule has 0 saturated carbocycles. The fourth-order valence-corrected chi connectivity index (χ4v) is 5.63. The van der Waals surface area contributed by atoms with Crippen LogP contribution in [0.25, 0.3) is 0 Å². The molecule has 0 spiro atoms. The molecule has 0 heterocycles. The van der Waals surface area contributed by atoms with Gasteiger partial charge in [0.25, 0.3) is 10.0 Å². The predicted molar refractivity (Wildman–Crippen MR) is 149 cm³/mol. The Labute approximate surface area is 231 Å². The van der Waals surface area contributed by atoms with Crippen molar-refractivity contribution in [3.8, 4) is 0 Å². The van der Waals surface area contributed by atoms with Gasteiger partial charge in [0.05, 0.1) is 10.6 Å². The molecule has 202 valence electrons. The Balaban J connectivity index is 2.02. The van der Waals surface area contributed by atoms with Crippen molar-refractivity contribution in [2.24, 2.45) is 0 Å². The van der Waals surface area contributed by atoms with Crippen LogP contribution in [0.5, 0.6) is 0 Å². The number of carbonyl (C=O) groups is 2. The Morgan fingerprint density at radius 2 is 1.61 bits per heavy atom. The molecule has 0 radical (unpaired) electrons. The van der Waals surface area contributed by atoms with Crippen LogP contribution < -0.4 is 9.62 Å². The molecule has 0 aromatic heterocycles. The molecular formula is C28H31BrFN3O4S. The minimum Gasteiger partial charge on any atom is -0.350 e. The Morgan fingerprint density at radius 1 is 0.974 bits per heavy atom. The van der Waals surface area contributed by atoms with Crippen LogP contribution in [-0.4, -0.2) is 43.3 Å². The van der Waals surface area contributed by atoms with Gasteiger partial charge in [-0.3, -0.25) is 13.9 Å². The Morgan fingerprint density at radius 3 is 2.18 bits per heavy atom. The second kappa shape index (κ2) is 12.1. The highest BCUT2D eigenvalue weighted by atomic mass is 79.9. The summed E-state index contributed by atoms with van der Waals surface area (Å²) in [5, 5.41) is 2.88. The number of hydrogen-bond donors (Lipinski definition) is 1. The summed E-state index contributed by atoms with van der Waals surface area (Å²) >= 11 is 3.42. The van der Waals surface area contributed by atoms with Crippen molar-refractivity contribution in [3.63, 3.8) is 0 Å². The van der Waals surface area contributed by atoms with E-state index in [9.17, 15) is 22.4 Å². The summed E-state index contributed by atoms with van der Waals surface area (Å²) in [6, 6.07) is 19.0. The molecule has 0 bridgehead atoms. The molecule has 3 aromatic rings. The van der Waals surface area contributed by atoms with E-state index >= 15 is 0 Å². The van der Waals surface area contributed by atoms with Crippen molar-refractivity contribution >= 4 is 43.5 Å². The topological polar surface area (TPSA) is 86.8 Å². The average Bonchev–Trinajstić information content (AvgIpc) is 2.85. The van der Waals surface area contributed by atoms with Gasteiger partial charge >= 0.3 is 0 Å². The largest absolute Gasteiger partial charge is 0.350 e. The third-order valence-corrected chi connectivity index (χ3v) is 7.91. The first-order chi connectivity index (χ1) is 17.8. The first-order valence-electron chi connectivity index (χ1n) is 12.0. The zero-order valence-electron chi connectivity index (χ0n) is 21.7. The molecule has 7 nitrogen and oxygen atoms in total. The number of carbonyl (C=O) groups excluding carboxylic acids is 2. The second-order valence-corrected chi connectivity index (χ2v) is 12.6. The van der Waals surface area contributed by atoms with Gasteiger partial charge in [0.1, 0.15) is 18.4 Å². The van der Waals surface area contributed by atoms with E-state index in [0.717, 1.165) is 26.5 Å². The lowest BCUT2D eigenvalue weighted by atomic mass is 10.1. The van der Waals surface area contributed by atoms with Crippen molar-refractivity contribution in [2.45, 2.75) is 50.7 Å². The fourth-order valence-electron chi connectivity index (χ4n) is 3.74. The van der Waals surface area contributed by atoms with Crippen molar-refractivity contribution in [3.05, 3.63) is 94.7 Å². The SMILES string of the molecule is C[C@H](C(=O)NC(C)(C)C)N(Cc1cccc(Br)c1)C(=O)CN(c1ccc(F)cc1)S(=O)(=O)c1ccccc1. The molecule has 1 N–H and O–H groups in total. The summed E-state index contributed by atoms with van der Waals surface area (Å²) in [4.78, 5) is 28.2. The van der Waals surface area contributed by atoms with Gasteiger partial charge in [-0.2, -0.15) is 0 Å². The molecule has 0 fully saturated rings. The van der Waals surface area contributed by atoms with Crippen LogP contribution in [0, 0.1) is 5.82 Å². The average molecular weight is 605 g/mol. The molecule has 0 aliphatic carbocycles. The van der Waals surface area contributed by atoms with Crippen molar-refractivity contribution in [1.29, 1.82) is 0 Å². The number of rotatable bonds is 9. The summed E-state index contributed by atoms with van der Waals surface area (Å²) in [7, 11) is -4.19. The highest BCUT2D eigenvalue weighted by Gasteiger charge is 2.33. The number of sulfonamides is 1. The molecule has 0 saturated heterocycles. The van der Waals surface area contributed by atoms with Crippen LogP contribution in [0.2, 0.25) is 0 Å². The van der Waals surface area contributed by atoms with Gasteiger partial charge in [0, 0.05) is 16.6 Å². The highest BCUT2D eigenvalue weighted by Crippen LogP contribution is 2.25. The minimum absolute atomic E-state index is 0.0193. The first kappa shape index (κ1) is 29.3. The molecular weight excluding hydrogens is 573 g/mol. The van der Waals surface area contributed by atoms with Crippen LogP contribution in [0.1, 0.15) is 33.3 Å². The Hall–Kier alpha value is -3.24. The van der Waals surface area contributed by atoms with Crippen LogP contribution in [0.3, 0.4) is 0 Å². The van der Waals surface area contributed by atoms with E-state index < -0.39 is 39.9 Å². The third-order valence-electron chi connectivity index (χ3n) is 5.63. The second-order valence-electron chi connectivity index (χ2n) is 9.87. The van der Waals surface area contributed by atoms with E-state index in [4.69, 9.17) is 0 Å². The van der Waals surface area contributed by atoms with E-state index in [1.165, 1.54) is 29.2 Å². The molecule has 38 heavy (non-hydrogen) atoms. The van der Waals surface area contributed by atoms with Gasteiger partial charge in [-0.25, -0.2) is 12.8 Å². The number of benzene rings is 3. The lowest BCUT2D eigenvalue weighted by molar-refractivity contribution is -0.140. The summed E-state index contributed by atoms with van der Waals surface area (Å²) in [5.74, 6) is -1.51. The summed E-state index contributed by atoms with van der Waals surface area (Å²) in [6.07, 6.45) is 0. The quantitative estimate of drug-likeness (QED) is 0.368. The maximum absolute atomic E-state index is 13.8. The fraction of sp³-hybridized carbons (Fsp3) is 0.286. The Kier molecular flexibility index (Phi) is 9.32. The minimum atomic E-state index is -4.19. The number of hydrogen-bond acceptors (Lipinski definition) is 4. The van der Waals surface area contributed by atoms with Gasteiger partial charge in [-0.05, 0) is 81.8 Å². The number of amides is 2. The van der Waals surface area contributed by atoms with Crippen LogP contribution in [0.4, 0.5) is 10.1 Å². The molecule has 0 aliphatic rings. The summed E-state index contributed by atoms with van der Waals surface area (Å²) < 4.78 is 42.7. The molecule has 3 aromatic carbocycles. The number of nitrogens with zero attached hydrogens (tertiary/aromatic N) is 2. The monoisotopic (exact) mass is 603 g/mol. The van der Waals surface area contributed by atoms with Gasteiger partial charge in [-0.15, -0.1) is 0 Å². The van der Waals surface area contributed by atoms with Gasteiger partial charge < -0.3 is 10.2 Å². The van der Waals surface area contributed by atoms with E-state index in [1.807, 2.05) is 45.0 Å². The molecule has 10 heteroatoms. The molecule has 0 unspecified atom stereocenters. The first-order valence-corrected chi connectivity index (χ1v) is 14.2. The van der Waals surface area contributed by atoms with E-state index in [0.29, 0.717) is 0 Å². The van der Waals surface area contributed by atoms with Gasteiger partial charge in [0.15, 0.2) is 0 Å². The molecule has 3 rings (SSSR count). The zero-order chi connectivity index (χ0) is 28.1. The standard InChI is InChI=1S/C28H31BrFN3O4S/c1-20(27(35)31-28(2,3)4)32(18-21-9-8-10-22(29)17-21)26(34)19-33(24-15-13-23(30)14-16-24)38(36,37)25-11-6-5-7-12-25/h5-17,20H,18-19H2,1-4H3,(H,31,35)/t20-/m1/s1. The lowest BCUT2D eigenvalue weighted by Crippen LogP contribution is -2.54. The van der Waals surface area contributed by atoms with Crippen LogP contribution >= 0.6 is 15.9 Å². The summed E-state index contributed by atoms with van der Waals surface area (Å²) in [6.45, 7) is 6.58. The third kappa shape index (κ3) is 7.64. The lowest BCUT2D eigenvalue weighted by Gasteiger charge is -2.33.